The number of fused-ring (bicyclic) bond motifs is 1. The minimum Gasteiger partial charge on any atom is -0.490 e. The molecule has 4 rings (SSSR count). The molecule has 2 aromatic rings. The number of halogens is 4. The first kappa shape index (κ1) is 23.6. The molecule has 2 aliphatic rings. The molecule has 2 heterocycles. The predicted molar refractivity (Wildman–Crippen MR) is 119 cm³/mol. The van der Waals surface area contributed by atoms with Crippen molar-refractivity contribution in [1.29, 1.82) is 0 Å². The SMILES string of the molecule is Cl.Cl.Clc1cc(Cl)cc(CO[C@@H]2COc3ccccc3[C@H]2N2CCNCC2)c1. The van der Waals surface area contributed by atoms with Crippen LogP contribution in [-0.4, -0.2) is 43.8 Å². The molecule has 0 bridgehead atoms. The fourth-order valence-electron chi connectivity index (χ4n) is 3.75. The van der Waals surface area contributed by atoms with Gasteiger partial charge in [0.25, 0.3) is 0 Å². The fraction of sp³-hybridized carbons (Fsp3) is 0.400. The summed E-state index contributed by atoms with van der Waals surface area (Å²) in [7, 11) is 0. The molecule has 1 saturated heterocycles. The standard InChI is InChI=1S/C20H22Cl2N2O2.2ClH/c21-15-9-14(10-16(22)11-15)12-25-19-13-26-18-4-2-1-3-17(18)20(19)24-7-5-23-6-8-24;;/h1-4,9-11,19-20,23H,5-8,12-13H2;2*1H/t19-,20-;;/m1../s1. The van der Waals surface area contributed by atoms with Crippen LogP contribution in [-0.2, 0) is 11.3 Å². The van der Waals surface area contributed by atoms with E-state index in [1.54, 1.807) is 6.07 Å². The third-order valence-electron chi connectivity index (χ3n) is 4.92. The van der Waals surface area contributed by atoms with Gasteiger partial charge in [0.15, 0.2) is 0 Å². The molecule has 154 valence electrons. The summed E-state index contributed by atoms with van der Waals surface area (Å²) < 4.78 is 12.3. The van der Waals surface area contributed by atoms with Crippen LogP contribution in [0.15, 0.2) is 42.5 Å². The van der Waals surface area contributed by atoms with E-state index < -0.39 is 0 Å². The van der Waals surface area contributed by atoms with Gasteiger partial charge < -0.3 is 14.8 Å². The largest absolute Gasteiger partial charge is 0.490 e. The number of para-hydroxylation sites is 1. The van der Waals surface area contributed by atoms with Crippen molar-refractivity contribution in [3.8, 4) is 5.75 Å². The van der Waals surface area contributed by atoms with Crippen molar-refractivity contribution < 1.29 is 9.47 Å². The van der Waals surface area contributed by atoms with Crippen molar-refractivity contribution in [3.05, 3.63) is 63.6 Å². The Hall–Kier alpha value is -0.720. The summed E-state index contributed by atoms with van der Waals surface area (Å²) in [5.74, 6) is 0.960. The second-order valence-corrected chi connectivity index (χ2v) is 7.58. The molecule has 2 aliphatic heterocycles. The van der Waals surface area contributed by atoms with E-state index in [1.165, 1.54) is 5.56 Å². The highest BCUT2D eigenvalue weighted by Gasteiger charge is 2.36. The Kier molecular flexibility index (Phi) is 9.16. The lowest BCUT2D eigenvalue weighted by atomic mass is 9.95. The van der Waals surface area contributed by atoms with Crippen molar-refractivity contribution in [2.24, 2.45) is 0 Å². The maximum Gasteiger partial charge on any atom is 0.124 e. The van der Waals surface area contributed by atoms with Crippen molar-refractivity contribution in [2.45, 2.75) is 18.8 Å². The maximum atomic E-state index is 6.30. The van der Waals surface area contributed by atoms with Crippen LogP contribution in [0, 0.1) is 0 Å². The molecular weight excluding hydrogens is 442 g/mol. The van der Waals surface area contributed by atoms with Gasteiger partial charge in [-0.2, -0.15) is 0 Å². The first-order valence-corrected chi connectivity index (χ1v) is 9.69. The lowest BCUT2D eigenvalue weighted by molar-refractivity contribution is -0.0617. The Balaban J connectivity index is 0.00000140. The van der Waals surface area contributed by atoms with Gasteiger partial charge in [-0.15, -0.1) is 24.8 Å². The van der Waals surface area contributed by atoms with E-state index in [1.807, 2.05) is 24.3 Å². The number of ether oxygens (including phenoxy) is 2. The summed E-state index contributed by atoms with van der Waals surface area (Å²) in [5, 5.41) is 4.67. The summed E-state index contributed by atoms with van der Waals surface area (Å²) in [6.07, 6.45) is -0.0410. The van der Waals surface area contributed by atoms with Crippen LogP contribution in [0.25, 0.3) is 0 Å². The zero-order valence-corrected chi connectivity index (χ0v) is 18.4. The van der Waals surface area contributed by atoms with Gasteiger partial charge in [0.1, 0.15) is 18.5 Å². The van der Waals surface area contributed by atoms with E-state index in [0.717, 1.165) is 37.5 Å². The number of nitrogens with one attached hydrogen (secondary N) is 1. The zero-order chi connectivity index (χ0) is 17.9. The number of hydrogen-bond donors (Lipinski definition) is 1. The zero-order valence-electron chi connectivity index (χ0n) is 15.3. The molecule has 2 aromatic carbocycles. The van der Waals surface area contributed by atoms with Crippen LogP contribution in [0.5, 0.6) is 5.75 Å². The lowest BCUT2D eigenvalue weighted by Gasteiger charge is -2.42. The number of nitrogens with zero attached hydrogens (tertiary/aromatic N) is 1. The number of piperazine rings is 1. The van der Waals surface area contributed by atoms with Gasteiger partial charge in [-0.05, 0) is 29.8 Å². The molecule has 0 aliphatic carbocycles. The molecule has 2 atom stereocenters. The fourth-order valence-corrected chi connectivity index (χ4v) is 4.32. The normalized spacial score (nSPS) is 21.6. The van der Waals surface area contributed by atoms with Gasteiger partial charge in [-0.1, -0.05) is 41.4 Å². The number of rotatable bonds is 4. The molecule has 1 N–H and O–H groups in total. The Morgan fingerprint density at radius 1 is 1.04 bits per heavy atom. The highest BCUT2D eigenvalue weighted by molar-refractivity contribution is 6.34. The minimum atomic E-state index is -0.0410. The summed E-state index contributed by atoms with van der Waals surface area (Å²) in [4.78, 5) is 2.49. The first-order chi connectivity index (χ1) is 12.7. The molecule has 0 spiro atoms. The molecule has 0 unspecified atom stereocenters. The second-order valence-electron chi connectivity index (χ2n) is 6.71. The summed E-state index contributed by atoms with van der Waals surface area (Å²) in [6, 6.07) is 14.0. The number of benzene rings is 2. The van der Waals surface area contributed by atoms with Gasteiger partial charge in [0, 0.05) is 41.8 Å². The van der Waals surface area contributed by atoms with Crippen LogP contribution in [0.4, 0.5) is 0 Å². The van der Waals surface area contributed by atoms with E-state index >= 15 is 0 Å². The minimum absolute atomic E-state index is 0. The second kappa shape index (κ2) is 10.9. The lowest BCUT2D eigenvalue weighted by Crippen LogP contribution is -2.51. The van der Waals surface area contributed by atoms with E-state index in [9.17, 15) is 0 Å². The average Bonchev–Trinajstić information content (AvgIpc) is 2.66. The van der Waals surface area contributed by atoms with Crippen molar-refractivity contribution >= 4 is 48.0 Å². The van der Waals surface area contributed by atoms with Gasteiger partial charge in [-0.3, -0.25) is 4.90 Å². The van der Waals surface area contributed by atoms with Crippen molar-refractivity contribution in [3.63, 3.8) is 0 Å². The Morgan fingerprint density at radius 3 is 2.43 bits per heavy atom. The highest BCUT2D eigenvalue weighted by atomic mass is 35.5. The molecule has 28 heavy (non-hydrogen) atoms. The van der Waals surface area contributed by atoms with Crippen LogP contribution in [0.3, 0.4) is 0 Å². The van der Waals surface area contributed by atoms with E-state index in [-0.39, 0.29) is 37.0 Å². The summed E-state index contributed by atoms with van der Waals surface area (Å²) in [5.41, 5.74) is 2.18. The third-order valence-corrected chi connectivity index (χ3v) is 5.36. The van der Waals surface area contributed by atoms with Crippen molar-refractivity contribution in [2.75, 3.05) is 32.8 Å². The van der Waals surface area contributed by atoms with Gasteiger partial charge in [0.05, 0.1) is 12.6 Å². The molecule has 0 saturated carbocycles. The average molecular weight is 466 g/mol. The van der Waals surface area contributed by atoms with Crippen LogP contribution < -0.4 is 10.1 Å². The molecule has 4 nitrogen and oxygen atoms in total. The molecule has 1 fully saturated rings. The van der Waals surface area contributed by atoms with Crippen molar-refractivity contribution in [1.82, 2.24) is 10.2 Å². The number of hydrogen-bond acceptors (Lipinski definition) is 4. The van der Waals surface area contributed by atoms with E-state index in [2.05, 4.69) is 22.3 Å². The Labute approximate surface area is 188 Å². The van der Waals surface area contributed by atoms with Gasteiger partial charge >= 0.3 is 0 Å². The quantitative estimate of drug-likeness (QED) is 0.705. The topological polar surface area (TPSA) is 33.7 Å². The van der Waals surface area contributed by atoms with Crippen LogP contribution in [0.2, 0.25) is 10.0 Å². The smallest absolute Gasteiger partial charge is 0.124 e. The molecular formula is C20H24Cl4N2O2. The van der Waals surface area contributed by atoms with Gasteiger partial charge in [-0.25, -0.2) is 0 Å². The summed E-state index contributed by atoms with van der Waals surface area (Å²) >= 11 is 12.2. The van der Waals surface area contributed by atoms with Crippen LogP contribution >= 0.6 is 48.0 Å². The third kappa shape index (κ3) is 5.45. The van der Waals surface area contributed by atoms with E-state index in [4.69, 9.17) is 32.7 Å². The highest BCUT2D eigenvalue weighted by Crippen LogP contribution is 2.37. The van der Waals surface area contributed by atoms with Gasteiger partial charge in [0.2, 0.25) is 0 Å². The summed E-state index contributed by atoms with van der Waals surface area (Å²) in [6.45, 7) is 5.00. The monoisotopic (exact) mass is 464 g/mol. The Morgan fingerprint density at radius 2 is 1.71 bits per heavy atom. The first-order valence-electron chi connectivity index (χ1n) is 8.94. The van der Waals surface area contributed by atoms with Crippen LogP contribution in [0.1, 0.15) is 17.2 Å². The molecule has 0 amide bonds. The molecule has 8 heteroatoms. The molecule has 0 radical (unpaired) electrons. The molecule has 0 aromatic heterocycles. The van der Waals surface area contributed by atoms with E-state index in [0.29, 0.717) is 23.3 Å². The Bertz CT molecular complexity index is 751. The maximum absolute atomic E-state index is 6.30. The predicted octanol–water partition coefficient (Wildman–Crippen LogP) is 4.76.